The molecular weight excluding hydrogens is 344 g/mol. The summed E-state index contributed by atoms with van der Waals surface area (Å²) in [4.78, 5) is 31.9. The predicted molar refractivity (Wildman–Crippen MR) is 93.8 cm³/mol. The van der Waals surface area contributed by atoms with Crippen LogP contribution in [0, 0.1) is 0 Å². The van der Waals surface area contributed by atoms with E-state index in [0.717, 1.165) is 0 Å². The smallest absolute Gasteiger partial charge is 0.322 e. The number of hydrogen-bond donors (Lipinski definition) is 2. The molecule has 0 spiro atoms. The maximum atomic E-state index is 12.4. The van der Waals surface area contributed by atoms with E-state index in [1.807, 2.05) is 0 Å². The minimum atomic E-state index is -0.278. The van der Waals surface area contributed by atoms with Crippen molar-refractivity contribution in [3.63, 3.8) is 0 Å². The number of benzene rings is 1. The molecule has 2 N–H and O–H groups in total. The lowest BCUT2D eigenvalue weighted by atomic mass is 10.1. The summed E-state index contributed by atoms with van der Waals surface area (Å²) < 4.78 is 0. The molecule has 7 nitrogen and oxygen atoms in total. The summed E-state index contributed by atoms with van der Waals surface area (Å²) in [6.07, 6.45) is 1.55. The number of piperazine rings is 1. The highest BCUT2D eigenvalue weighted by Gasteiger charge is 2.25. The second kappa shape index (κ2) is 7.40. The first-order valence-electron chi connectivity index (χ1n) is 7.79. The van der Waals surface area contributed by atoms with E-state index in [4.69, 9.17) is 11.6 Å². The minimum absolute atomic E-state index is 0.0530. The molecule has 1 saturated heterocycles. The van der Waals surface area contributed by atoms with Crippen LogP contribution in [0.3, 0.4) is 0 Å². The van der Waals surface area contributed by atoms with Crippen molar-refractivity contribution in [1.82, 2.24) is 14.8 Å². The first-order valence-corrected chi connectivity index (χ1v) is 8.17. The molecule has 2 aromatic rings. The molecule has 1 aliphatic heterocycles. The predicted octanol–water partition coefficient (Wildman–Crippen LogP) is 2.43. The van der Waals surface area contributed by atoms with Gasteiger partial charge >= 0.3 is 6.03 Å². The zero-order chi connectivity index (χ0) is 17.8. The zero-order valence-electron chi connectivity index (χ0n) is 13.4. The maximum absolute atomic E-state index is 12.4. The first kappa shape index (κ1) is 17.0. The van der Waals surface area contributed by atoms with Gasteiger partial charge in [0.05, 0.1) is 5.69 Å². The second-order valence-corrected chi connectivity index (χ2v) is 5.96. The molecule has 0 aliphatic carbocycles. The van der Waals surface area contributed by atoms with Gasteiger partial charge in [-0.05, 0) is 30.3 Å². The van der Waals surface area contributed by atoms with Gasteiger partial charge in [-0.25, -0.2) is 9.78 Å². The molecular formula is C17H17ClN4O3. The van der Waals surface area contributed by atoms with E-state index < -0.39 is 0 Å². The zero-order valence-corrected chi connectivity index (χ0v) is 14.1. The molecule has 3 rings (SSSR count). The van der Waals surface area contributed by atoms with E-state index in [9.17, 15) is 14.7 Å². The molecule has 1 fully saturated rings. The van der Waals surface area contributed by atoms with E-state index in [1.54, 1.807) is 40.3 Å². The van der Waals surface area contributed by atoms with E-state index in [1.165, 1.54) is 12.1 Å². The number of aromatic nitrogens is 1. The number of nitrogens with one attached hydrogen (secondary N) is 1. The van der Waals surface area contributed by atoms with Gasteiger partial charge in [-0.15, -0.1) is 0 Å². The van der Waals surface area contributed by atoms with Crippen molar-refractivity contribution in [2.24, 2.45) is 0 Å². The number of anilines is 1. The van der Waals surface area contributed by atoms with Gasteiger partial charge in [-0.2, -0.15) is 0 Å². The number of nitrogens with zero attached hydrogens (tertiary/aromatic N) is 3. The Hall–Kier alpha value is -2.80. The Morgan fingerprint density at radius 2 is 1.80 bits per heavy atom. The topological polar surface area (TPSA) is 85.8 Å². The van der Waals surface area contributed by atoms with Gasteiger partial charge < -0.3 is 20.2 Å². The normalized spacial score (nSPS) is 14.3. The van der Waals surface area contributed by atoms with Crippen LogP contribution in [0.15, 0.2) is 42.6 Å². The van der Waals surface area contributed by atoms with Crippen LogP contribution in [0.25, 0.3) is 0 Å². The van der Waals surface area contributed by atoms with E-state index >= 15 is 0 Å². The van der Waals surface area contributed by atoms with Gasteiger partial charge in [0, 0.05) is 37.9 Å². The lowest BCUT2D eigenvalue weighted by molar-refractivity contribution is 0.0671. The van der Waals surface area contributed by atoms with E-state index in [-0.39, 0.29) is 22.8 Å². The summed E-state index contributed by atoms with van der Waals surface area (Å²) in [6, 6.07) is 9.32. The Labute approximate surface area is 149 Å². The highest BCUT2D eigenvalue weighted by Crippen LogP contribution is 2.19. The molecule has 0 radical (unpaired) electrons. The van der Waals surface area contributed by atoms with Gasteiger partial charge in [0.25, 0.3) is 5.91 Å². The molecule has 25 heavy (non-hydrogen) atoms. The number of amides is 3. The van der Waals surface area contributed by atoms with Crippen LogP contribution in [0.5, 0.6) is 5.75 Å². The third-order valence-corrected chi connectivity index (χ3v) is 4.25. The number of pyridine rings is 1. The number of hydrogen-bond acceptors (Lipinski definition) is 4. The quantitative estimate of drug-likeness (QED) is 0.805. The lowest BCUT2D eigenvalue weighted by Gasteiger charge is -2.34. The molecule has 3 amide bonds. The molecule has 0 unspecified atom stereocenters. The third kappa shape index (κ3) is 4.00. The molecule has 8 heteroatoms. The number of carbonyl (C=O) groups is 2. The van der Waals surface area contributed by atoms with Crippen molar-refractivity contribution in [2.75, 3.05) is 31.5 Å². The van der Waals surface area contributed by atoms with Crippen LogP contribution in [0.2, 0.25) is 5.15 Å². The monoisotopic (exact) mass is 360 g/mol. The SMILES string of the molecule is O=C(Nc1cccnc1Cl)N1CCN(C(=O)c2cccc(O)c2)CC1. The van der Waals surface area contributed by atoms with Gasteiger partial charge in [-0.1, -0.05) is 17.7 Å². The Balaban J connectivity index is 1.57. The highest BCUT2D eigenvalue weighted by molar-refractivity contribution is 6.32. The van der Waals surface area contributed by atoms with Crippen molar-refractivity contribution in [1.29, 1.82) is 0 Å². The third-order valence-electron chi connectivity index (χ3n) is 3.95. The summed E-state index contributed by atoms with van der Waals surface area (Å²) in [5, 5.41) is 12.4. The fraction of sp³-hybridized carbons (Fsp3) is 0.235. The van der Waals surface area contributed by atoms with Crippen LogP contribution in [0.1, 0.15) is 10.4 Å². The summed E-state index contributed by atoms with van der Waals surface area (Å²) in [5.74, 6) is -0.108. The average molecular weight is 361 g/mol. The number of phenolic OH excluding ortho intramolecular Hbond substituents is 1. The lowest BCUT2D eigenvalue weighted by Crippen LogP contribution is -2.51. The summed E-state index contributed by atoms with van der Waals surface area (Å²) in [7, 11) is 0. The molecule has 0 atom stereocenters. The molecule has 0 bridgehead atoms. The van der Waals surface area contributed by atoms with E-state index in [2.05, 4.69) is 10.3 Å². The van der Waals surface area contributed by atoms with Crippen LogP contribution in [0.4, 0.5) is 10.5 Å². The maximum Gasteiger partial charge on any atom is 0.322 e. The number of aromatic hydroxyl groups is 1. The van der Waals surface area contributed by atoms with Gasteiger partial charge in [0.2, 0.25) is 0 Å². The number of urea groups is 1. The van der Waals surface area contributed by atoms with Crippen molar-refractivity contribution in [2.45, 2.75) is 0 Å². The summed E-state index contributed by atoms with van der Waals surface area (Å²) in [5.41, 5.74) is 0.882. The Morgan fingerprint density at radius 1 is 1.08 bits per heavy atom. The molecule has 1 aliphatic rings. The number of carbonyl (C=O) groups excluding carboxylic acids is 2. The fourth-order valence-corrected chi connectivity index (χ4v) is 2.77. The highest BCUT2D eigenvalue weighted by atomic mass is 35.5. The number of phenols is 1. The Morgan fingerprint density at radius 3 is 2.48 bits per heavy atom. The van der Waals surface area contributed by atoms with Crippen molar-refractivity contribution in [3.8, 4) is 5.75 Å². The van der Waals surface area contributed by atoms with Gasteiger partial charge in [0.15, 0.2) is 5.15 Å². The molecule has 130 valence electrons. The van der Waals surface area contributed by atoms with Gasteiger partial charge in [-0.3, -0.25) is 4.79 Å². The minimum Gasteiger partial charge on any atom is -0.508 e. The standard InChI is InChI=1S/C17H17ClN4O3/c18-15-14(5-2-6-19-15)20-17(25)22-9-7-21(8-10-22)16(24)12-3-1-4-13(23)11-12/h1-6,11,23H,7-10H2,(H,20,25). The Bertz CT molecular complexity index is 791. The number of rotatable bonds is 2. The molecule has 1 aromatic heterocycles. The van der Waals surface area contributed by atoms with Crippen molar-refractivity contribution in [3.05, 3.63) is 53.3 Å². The molecule has 1 aromatic carbocycles. The molecule has 2 heterocycles. The Kier molecular flexibility index (Phi) is 5.04. The first-order chi connectivity index (χ1) is 12.0. The summed E-state index contributed by atoms with van der Waals surface area (Å²) >= 11 is 5.93. The average Bonchev–Trinajstić information content (AvgIpc) is 2.63. The van der Waals surface area contributed by atoms with Crippen LogP contribution >= 0.6 is 11.6 Å². The van der Waals surface area contributed by atoms with Crippen LogP contribution in [-0.2, 0) is 0 Å². The van der Waals surface area contributed by atoms with Crippen LogP contribution < -0.4 is 5.32 Å². The van der Waals surface area contributed by atoms with Crippen LogP contribution in [-0.4, -0.2) is 58.0 Å². The van der Waals surface area contributed by atoms with Crippen molar-refractivity contribution >= 4 is 29.2 Å². The molecule has 0 saturated carbocycles. The number of halogens is 1. The second-order valence-electron chi connectivity index (χ2n) is 5.60. The van der Waals surface area contributed by atoms with Crippen molar-refractivity contribution < 1.29 is 14.7 Å². The van der Waals surface area contributed by atoms with Gasteiger partial charge in [0.1, 0.15) is 5.75 Å². The fourth-order valence-electron chi connectivity index (χ4n) is 2.61. The van der Waals surface area contributed by atoms with E-state index in [0.29, 0.717) is 37.4 Å². The largest absolute Gasteiger partial charge is 0.508 e. The summed E-state index contributed by atoms with van der Waals surface area (Å²) in [6.45, 7) is 1.66.